The molecule has 1 fully saturated rings. The summed E-state index contributed by atoms with van der Waals surface area (Å²) >= 11 is 0. The summed E-state index contributed by atoms with van der Waals surface area (Å²) in [5.74, 6) is 0.0504. The van der Waals surface area contributed by atoms with Gasteiger partial charge in [-0.15, -0.1) is 0 Å². The van der Waals surface area contributed by atoms with E-state index in [1.54, 1.807) is 6.20 Å². The lowest BCUT2D eigenvalue weighted by atomic mass is 10.0. The minimum absolute atomic E-state index is 0.0504. The summed E-state index contributed by atoms with van der Waals surface area (Å²) in [6.45, 7) is 6.03. The number of nitrogens with one attached hydrogen (secondary N) is 1. The fourth-order valence-electron chi connectivity index (χ4n) is 3.40. The van der Waals surface area contributed by atoms with E-state index >= 15 is 0 Å². The molecule has 0 atom stereocenters. The number of likely N-dealkylation sites (tertiary alicyclic amines) is 1. The molecule has 2 aromatic rings. The molecule has 3 rings (SSSR count). The summed E-state index contributed by atoms with van der Waals surface area (Å²) in [5, 5.41) is 3.50. The van der Waals surface area contributed by atoms with Crippen LogP contribution in [-0.2, 0) is 12.8 Å². The standard InChI is InChI=1S/C21H27N3O/c1-3-16-9-8-10-17(4-2)20(16)23-18-11-12-19(22-15-18)21(25)24-13-6-5-7-14-24/h8-12,15,23H,3-7,13-14H2,1-2H3. The van der Waals surface area contributed by atoms with Crippen LogP contribution in [-0.4, -0.2) is 28.9 Å². The number of carbonyl (C=O) groups excluding carboxylic acids is 1. The number of para-hydroxylation sites is 1. The third-order valence-electron chi connectivity index (χ3n) is 4.89. The van der Waals surface area contributed by atoms with Gasteiger partial charge in [0.25, 0.3) is 5.91 Å². The van der Waals surface area contributed by atoms with Crippen LogP contribution in [0.5, 0.6) is 0 Å². The van der Waals surface area contributed by atoms with Crippen molar-refractivity contribution in [3.63, 3.8) is 0 Å². The van der Waals surface area contributed by atoms with Crippen LogP contribution in [0.25, 0.3) is 0 Å². The third-order valence-corrected chi connectivity index (χ3v) is 4.89. The first kappa shape index (κ1) is 17.5. The van der Waals surface area contributed by atoms with Gasteiger partial charge in [-0.1, -0.05) is 32.0 Å². The molecule has 1 N–H and O–H groups in total. The topological polar surface area (TPSA) is 45.2 Å². The SMILES string of the molecule is CCc1cccc(CC)c1Nc1ccc(C(=O)N2CCCCC2)nc1. The number of pyridine rings is 1. The lowest BCUT2D eigenvalue weighted by molar-refractivity contribution is 0.0718. The lowest BCUT2D eigenvalue weighted by Crippen LogP contribution is -2.36. The molecule has 1 aliphatic rings. The fraction of sp³-hybridized carbons (Fsp3) is 0.429. The molecule has 1 aromatic carbocycles. The molecule has 132 valence electrons. The Morgan fingerprint density at radius 3 is 2.28 bits per heavy atom. The predicted octanol–water partition coefficient (Wildman–Crippen LogP) is 4.58. The minimum Gasteiger partial charge on any atom is -0.354 e. The summed E-state index contributed by atoms with van der Waals surface area (Å²) in [5.41, 5.74) is 5.22. The molecule has 4 heteroatoms. The number of amides is 1. The van der Waals surface area contributed by atoms with Crippen LogP contribution in [0.2, 0.25) is 0 Å². The van der Waals surface area contributed by atoms with Gasteiger partial charge in [-0.25, -0.2) is 4.98 Å². The first-order valence-corrected chi connectivity index (χ1v) is 9.36. The number of hydrogen-bond donors (Lipinski definition) is 1. The van der Waals surface area contributed by atoms with Crippen LogP contribution in [0.15, 0.2) is 36.5 Å². The van der Waals surface area contributed by atoms with Crippen LogP contribution < -0.4 is 5.32 Å². The molecule has 4 nitrogen and oxygen atoms in total. The zero-order valence-corrected chi connectivity index (χ0v) is 15.2. The molecule has 0 spiro atoms. The van der Waals surface area contributed by atoms with Crippen molar-refractivity contribution < 1.29 is 4.79 Å². The van der Waals surface area contributed by atoms with Crippen molar-refractivity contribution in [2.45, 2.75) is 46.0 Å². The number of carbonyl (C=O) groups is 1. The number of hydrogen-bond acceptors (Lipinski definition) is 3. The third kappa shape index (κ3) is 4.01. The smallest absolute Gasteiger partial charge is 0.272 e. The van der Waals surface area contributed by atoms with Gasteiger partial charge in [0.1, 0.15) is 5.69 Å². The summed E-state index contributed by atoms with van der Waals surface area (Å²) in [7, 11) is 0. The van der Waals surface area contributed by atoms with Crippen molar-refractivity contribution in [3.8, 4) is 0 Å². The van der Waals surface area contributed by atoms with E-state index in [1.165, 1.54) is 23.2 Å². The maximum absolute atomic E-state index is 12.5. The second-order valence-electron chi connectivity index (χ2n) is 6.57. The number of nitrogens with zero attached hydrogens (tertiary/aromatic N) is 2. The van der Waals surface area contributed by atoms with E-state index in [0.717, 1.165) is 44.5 Å². The molecule has 0 bridgehead atoms. The van der Waals surface area contributed by atoms with Crippen molar-refractivity contribution in [1.29, 1.82) is 0 Å². The zero-order chi connectivity index (χ0) is 17.6. The van der Waals surface area contributed by atoms with Gasteiger partial charge in [0.15, 0.2) is 0 Å². The first-order chi connectivity index (χ1) is 12.2. The van der Waals surface area contributed by atoms with Crippen LogP contribution in [0, 0.1) is 0 Å². The number of aryl methyl sites for hydroxylation is 2. The second-order valence-corrected chi connectivity index (χ2v) is 6.57. The molecule has 2 heterocycles. The molecule has 0 aliphatic carbocycles. The first-order valence-electron chi connectivity index (χ1n) is 9.36. The molecule has 1 saturated heterocycles. The molecule has 1 aliphatic heterocycles. The summed E-state index contributed by atoms with van der Waals surface area (Å²) in [4.78, 5) is 18.8. The molecule has 1 amide bonds. The Bertz CT molecular complexity index is 696. The monoisotopic (exact) mass is 337 g/mol. The highest BCUT2D eigenvalue weighted by Gasteiger charge is 2.19. The minimum atomic E-state index is 0.0504. The van der Waals surface area contributed by atoms with Crippen molar-refractivity contribution in [1.82, 2.24) is 9.88 Å². The quantitative estimate of drug-likeness (QED) is 0.869. The van der Waals surface area contributed by atoms with Gasteiger partial charge < -0.3 is 10.2 Å². The molecule has 1 aromatic heterocycles. The molecule has 0 saturated carbocycles. The van der Waals surface area contributed by atoms with Gasteiger partial charge in [-0.2, -0.15) is 0 Å². The van der Waals surface area contributed by atoms with E-state index in [-0.39, 0.29) is 5.91 Å². The van der Waals surface area contributed by atoms with Gasteiger partial charge in [-0.3, -0.25) is 4.79 Å². The van der Waals surface area contributed by atoms with Crippen LogP contribution in [0.3, 0.4) is 0 Å². The Morgan fingerprint density at radius 1 is 1.04 bits per heavy atom. The van der Waals surface area contributed by atoms with Crippen molar-refractivity contribution in [2.75, 3.05) is 18.4 Å². The van der Waals surface area contributed by atoms with E-state index in [9.17, 15) is 4.79 Å². The number of aromatic nitrogens is 1. The summed E-state index contributed by atoms with van der Waals surface area (Å²) < 4.78 is 0. The number of rotatable bonds is 5. The van der Waals surface area contributed by atoms with E-state index < -0.39 is 0 Å². The highest BCUT2D eigenvalue weighted by molar-refractivity contribution is 5.92. The van der Waals surface area contributed by atoms with E-state index in [2.05, 4.69) is 42.3 Å². The van der Waals surface area contributed by atoms with E-state index in [4.69, 9.17) is 0 Å². The average molecular weight is 337 g/mol. The van der Waals surface area contributed by atoms with Crippen LogP contribution >= 0.6 is 0 Å². The van der Waals surface area contributed by atoms with Gasteiger partial charge >= 0.3 is 0 Å². The lowest BCUT2D eigenvalue weighted by Gasteiger charge is -2.26. The number of anilines is 2. The fourth-order valence-corrected chi connectivity index (χ4v) is 3.40. The number of piperidine rings is 1. The molecular formula is C21H27N3O. The second kappa shape index (κ2) is 8.15. The van der Waals surface area contributed by atoms with Crippen molar-refractivity contribution in [2.24, 2.45) is 0 Å². The van der Waals surface area contributed by atoms with Gasteiger partial charge in [-0.05, 0) is 55.4 Å². The van der Waals surface area contributed by atoms with Gasteiger partial charge in [0.05, 0.1) is 11.9 Å². The molecule has 0 unspecified atom stereocenters. The van der Waals surface area contributed by atoms with Crippen LogP contribution in [0.1, 0.15) is 54.7 Å². The maximum Gasteiger partial charge on any atom is 0.272 e. The van der Waals surface area contributed by atoms with Gasteiger partial charge in [0.2, 0.25) is 0 Å². The van der Waals surface area contributed by atoms with E-state index in [0.29, 0.717) is 5.69 Å². The Hall–Kier alpha value is -2.36. The average Bonchev–Trinajstić information content (AvgIpc) is 2.69. The molecule has 25 heavy (non-hydrogen) atoms. The summed E-state index contributed by atoms with van der Waals surface area (Å²) in [6.07, 6.45) is 7.14. The van der Waals surface area contributed by atoms with E-state index in [1.807, 2.05) is 17.0 Å². The molecule has 0 radical (unpaired) electrons. The summed E-state index contributed by atoms with van der Waals surface area (Å²) in [6, 6.07) is 10.2. The zero-order valence-electron chi connectivity index (χ0n) is 15.2. The Labute approximate surface area is 150 Å². The maximum atomic E-state index is 12.5. The van der Waals surface area contributed by atoms with Crippen molar-refractivity contribution in [3.05, 3.63) is 53.3 Å². The molecular weight excluding hydrogens is 310 g/mol. The highest BCUT2D eigenvalue weighted by Crippen LogP contribution is 2.26. The van der Waals surface area contributed by atoms with Gasteiger partial charge in [0, 0.05) is 18.8 Å². The van der Waals surface area contributed by atoms with Crippen LogP contribution in [0.4, 0.5) is 11.4 Å². The Kier molecular flexibility index (Phi) is 5.69. The largest absolute Gasteiger partial charge is 0.354 e. The van der Waals surface area contributed by atoms with Crippen molar-refractivity contribution >= 4 is 17.3 Å². The highest BCUT2D eigenvalue weighted by atomic mass is 16.2. The predicted molar refractivity (Wildman–Crippen MR) is 102 cm³/mol. The normalized spacial score (nSPS) is 14.4. The number of benzene rings is 1. The Balaban J connectivity index is 1.76. The Morgan fingerprint density at radius 2 is 1.72 bits per heavy atom.